The van der Waals surface area contributed by atoms with E-state index in [9.17, 15) is 4.79 Å². The van der Waals surface area contributed by atoms with E-state index in [1.807, 2.05) is 13.2 Å². The molecular formula is C6H12O2S. The average Bonchev–Trinajstić information content (AvgIpc) is 1.82. The van der Waals surface area contributed by atoms with Crippen LogP contribution in [0.3, 0.4) is 0 Å². The number of carboxylic acid groups (broad SMARTS) is 1. The number of hydrogen-bond donors (Lipinski definition) is 1. The van der Waals surface area contributed by atoms with Crippen LogP contribution >= 0.6 is 11.8 Å². The summed E-state index contributed by atoms with van der Waals surface area (Å²) in [5.74, 6) is -0.0990. The molecule has 1 unspecified atom stereocenters. The van der Waals surface area contributed by atoms with Crippen LogP contribution in [0.1, 0.15) is 13.3 Å². The first-order valence-electron chi connectivity index (χ1n) is 2.94. The Kier molecular flexibility index (Phi) is 4.58. The third-order valence-electron chi connectivity index (χ3n) is 1.21. The Labute approximate surface area is 59.6 Å². The molecule has 0 radical (unpaired) electrons. The number of carbonyl (C=O) groups is 1. The van der Waals surface area contributed by atoms with Crippen LogP contribution in [-0.2, 0) is 4.79 Å². The molecule has 0 heterocycles. The molecule has 0 aliphatic heterocycles. The summed E-state index contributed by atoms with van der Waals surface area (Å²) < 4.78 is 0. The van der Waals surface area contributed by atoms with Gasteiger partial charge in [0.2, 0.25) is 0 Å². The van der Waals surface area contributed by atoms with Crippen LogP contribution in [0, 0.1) is 5.92 Å². The van der Waals surface area contributed by atoms with E-state index in [1.54, 1.807) is 11.8 Å². The quantitative estimate of drug-likeness (QED) is 0.655. The van der Waals surface area contributed by atoms with Gasteiger partial charge in [0, 0.05) is 5.75 Å². The second-order valence-corrected chi connectivity index (χ2v) is 2.81. The zero-order valence-corrected chi connectivity index (χ0v) is 6.57. The number of thioether (sulfide) groups is 1. The summed E-state index contributed by atoms with van der Waals surface area (Å²) in [6.07, 6.45) is 2.65. The molecule has 0 spiro atoms. The van der Waals surface area contributed by atoms with Gasteiger partial charge in [0.25, 0.3) is 0 Å². The summed E-state index contributed by atoms with van der Waals surface area (Å²) >= 11 is 1.58. The summed E-state index contributed by atoms with van der Waals surface area (Å²) in [6.45, 7) is 1.90. The van der Waals surface area contributed by atoms with Crippen molar-refractivity contribution in [3.8, 4) is 0 Å². The van der Waals surface area contributed by atoms with E-state index in [1.165, 1.54) is 0 Å². The zero-order chi connectivity index (χ0) is 7.28. The van der Waals surface area contributed by atoms with Gasteiger partial charge in [-0.2, -0.15) is 11.8 Å². The van der Waals surface area contributed by atoms with Crippen molar-refractivity contribution in [3.63, 3.8) is 0 Å². The first kappa shape index (κ1) is 8.82. The maximum absolute atomic E-state index is 10.3. The van der Waals surface area contributed by atoms with E-state index < -0.39 is 5.97 Å². The van der Waals surface area contributed by atoms with Crippen molar-refractivity contribution in [1.29, 1.82) is 0 Å². The van der Waals surface area contributed by atoms with Gasteiger partial charge in [-0.25, -0.2) is 0 Å². The molecule has 0 saturated heterocycles. The van der Waals surface area contributed by atoms with Crippen molar-refractivity contribution in [2.75, 3.05) is 12.0 Å². The third-order valence-corrected chi connectivity index (χ3v) is 1.95. The molecule has 3 heteroatoms. The van der Waals surface area contributed by atoms with Crippen molar-refractivity contribution in [3.05, 3.63) is 0 Å². The molecule has 0 aliphatic rings. The molecule has 0 amide bonds. The van der Waals surface area contributed by atoms with Crippen molar-refractivity contribution in [2.24, 2.45) is 5.92 Å². The molecular weight excluding hydrogens is 136 g/mol. The molecule has 0 aromatic carbocycles. The third kappa shape index (κ3) is 3.40. The minimum absolute atomic E-state index is 0.153. The van der Waals surface area contributed by atoms with Crippen LogP contribution in [0.5, 0.6) is 0 Å². The normalized spacial score (nSPS) is 13.1. The molecule has 0 rings (SSSR count). The van der Waals surface area contributed by atoms with Gasteiger partial charge in [-0.05, 0) is 12.7 Å². The lowest BCUT2D eigenvalue weighted by Gasteiger charge is -2.05. The lowest BCUT2D eigenvalue weighted by Crippen LogP contribution is -2.14. The molecule has 0 aromatic rings. The highest BCUT2D eigenvalue weighted by Crippen LogP contribution is 2.08. The second kappa shape index (κ2) is 4.68. The largest absolute Gasteiger partial charge is 0.481 e. The highest BCUT2D eigenvalue weighted by atomic mass is 32.2. The molecule has 2 nitrogen and oxygen atoms in total. The smallest absolute Gasteiger partial charge is 0.307 e. The fourth-order valence-corrected chi connectivity index (χ4v) is 1.35. The molecule has 0 fully saturated rings. The van der Waals surface area contributed by atoms with Gasteiger partial charge in [-0.1, -0.05) is 6.92 Å². The lowest BCUT2D eigenvalue weighted by atomic mass is 10.1. The Hall–Kier alpha value is -0.180. The molecule has 1 N–H and O–H groups in total. The van der Waals surface area contributed by atoms with E-state index in [4.69, 9.17) is 5.11 Å². The van der Waals surface area contributed by atoms with E-state index in [0.717, 1.165) is 12.2 Å². The Bertz CT molecular complexity index is 93.1. The maximum atomic E-state index is 10.3. The average molecular weight is 148 g/mol. The first-order valence-corrected chi connectivity index (χ1v) is 4.33. The summed E-state index contributed by atoms with van der Waals surface area (Å²) in [5, 5.41) is 8.49. The van der Waals surface area contributed by atoms with Crippen LogP contribution < -0.4 is 0 Å². The highest BCUT2D eigenvalue weighted by Gasteiger charge is 2.12. The van der Waals surface area contributed by atoms with Gasteiger partial charge >= 0.3 is 5.97 Å². The van der Waals surface area contributed by atoms with Gasteiger partial charge in [0.05, 0.1) is 5.92 Å². The van der Waals surface area contributed by atoms with Crippen LogP contribution in [-0.4, -0.2) is 23.1 Å². The summed E-state index contributed by atoms with van der Waals surface area (Å²) in [6, 6.07) is 0. The van der Waals surface area contributed by atoms with Crippen LogP contribution in [0.4, 0.5) is 0 Å². The summed E-state index contributed by atoms with van der Waals surface area (Å²) in [7, 11) is 0. The van der Waals surface area contributed by atoms with Crippen molar-refractivity contribution >= 4 is 17.7 Å². The van der Waals surface area contributed by atoms with Crippen molar-refractivity contribution < 1.29 is 9.90 Å². The maximum Gasteiger partial charge on any atom is 0.307 e. The van der Waals surface area contributed by atoms with Gasteiger partial charge in [0.15, 0.2) is 0 Å². The van der Waals surface area contributed by atoms with Gasteiger partial charge in [0.1, 0.15) is 0 Å². The number of rotatable bonds is 4. The predicted octanol–water partition coefficient (Wildman–Crippen LogP) is 1.46. The van der Waals surface area contributed by atoms with Crippen LogP contribution in [0.15, 0.2) is 0 Å². The SMILES string of the molecule is CCC(CSC)C(=O)O. The number of aliphatic carboxylic acids is 1. The van der Waals surface area contributed by atoms with Crippen LogP contribution in [0.2, 0.25) is 0 Å². The fourth-order valence-electron chi connectivity index (χ4n) is 0.565. The molecule has 0 aromatic heterocycles. The highest BCUT2D eigenvalue weighted by molar-refractivity contribution is 7.98. The van der Waals surface area contributed by atoms with E-state index in [-0.39, 0.29) is 5.92 Å². The Morgan fingerprint density at radius 3 is 2.44 bits per heavy atom. The van der Waals surface area contributed by atoms with Gasteiger partial charge < -0.3 is 5.11 Å². The molecule has 0 aliphatic carbocycles. The van der Waals surface area contributed by atoms with E-state index >= 15 is 0 Å². The number of carboxylic acids is 1. The van der Waals surface area contributed by atoms with Gasteiger partial charge in [-0.3, -0.25) is 4.79 Å². The lowest BCUT2D eigenvalue weighted by molar-refractivity contribution is -0.140. The summed E-state index contributed by atoms with van der Waals surface area (Å²) in [5.41, 5.74) is 0. The predicted molar refractivity (Wildman–Crippen MR) is 39.8 cm³/mol. The summed E-state index contributed by atoms with van der Waals surface area (Å²) in [4.78, 5) is 10.3. The van der Waals surface area contributed by atoms with E-state index in [2.05, 4.69) is 0 Å². The number of hydrogen-bond acceptors (Lipinski definition) is 2. The topological polar surface area (TPSA) is 37.3 Å². The Morgan fingerprint density at radius 1 is 1.78 bits per heavy atom. The van der Waals surface area contributed by atoms with Crippen LogP contribution in [0.25, 0.3) is 0 Å². The molecule has 1 atom stereocenters. The first-order chi connectivity index (χ1) is 4.22. The second-order valence-electron chi connectivity index (χ2n) is 1.90. The molecule has 9 heavy (non-hydrogen) atoms. The molecule has 0 bridgehead atoms. The Morgan fingerprint density at radius 2 is 2.33 bits per heavy atom. The molecule has 0 saturated carbocycles. The monoisotopic (exact) mass is 148 g/mol. The van der Waals surface area contributed by atoms with E-state index in [0.29, 0.717) is 0 Å². The zero-order valence-electron chi connectivity index (χ0n) is 5.76. The molecule has 54 valence electrons. The van der Waals surface area contributed by atoms with Gasteiger partial charge in [-0.15, -0.1) is 0 Å². The van der Waals surface area contributed by atoms with Crippen molar-refractivity contribution in [2.45, 2.75) is 13.3 Å². The minimum atomic E-state index is -0.674. The minimum Gasteiger partial charge on any atom is -0.481 e. The Balaban J connectivity index is 3.54. The fraction of sp³-hybridized carbons (Fsp3) is 0.833. The standard InChI is InChI=1S/C6H12O2S/c1-3-5(4-9-2)6(7)8/h5H,3-4H2,1-2H3,(H,7,8). The van der Waals surface area contributed by atoms with Crippen molar-refractivity contribution in [1.82, 2.24) is 0 Å².